The summed E-state index contributed by atoms with van der Waals surface area (Å²) in [6, 6.07) is 45.2. The minimum absolute atomic E-state index is 0. The molecule has 0 saturated carbocycles. The lowest BCUT2D eigenvalue weighted by molar-refractivity contribution is 0.299. The van der Waals surface area contributed by atoms with Crippen molar-refractivity contribution in [3.63, 3.8) is 0 Å². The zero-order valence-electron chi connectivity index (χ0n) is 54.2. The van der Waals surface area contributed by atoms with Crippen LogP contribution in [0.3, 0.4) is 0 Å². The Bertz CT molecular complexity index is 4890. The van der Waals surface area contributed by atoms with E-state index < -0.39 is 15.1 Å². The van der Waals surface area contributed by atoms with Crippen molar-refractivity contribution in [2.75, 3.05) is 34.8 Å². The van der Waals surface area contributed by atoms with Gasteiger partial charge in [0.25, 0.3) is 17.7 Å². The van der Waals surface area contributed by atoms with Crippen molar-refractivity contribution < 1.29 is 36.8 Å². The molecular formula is C72H84N16O6S. The van der Waals surface area contributed by atoms with E-state index in [0.29, 0.717) is 86.7 Å². The number of benzene rings is 6. The number of aromatic nitrogens is 12. The number of nitrogens with two attached hydrogens (primary N) is 1. The first-order chi connectivity index (χ1) is 45.6. The number of rotatable bonds is 18. The number of nitrogen functional groups attached to an aromatic ring is 1. The molecule has 22 nitrogen and oxygen atoms in total. The Kier molecular flexibility index (Phi) is 20.2. The highest BCUT2D eigenvalue weighted by Crippen LogP contribution is 2.33. The van der Waals surface area contributed by atoms with Gasteiger partial charge in [0.2, 0.25) is 17.7 Å². The molecule has 0 fully saturated rings. The summed E-state index contributed by atoms with van der Waals surface area (Å²) < 4.78 is 42.4. The molecule has 6 heterocycles. The minimum atomic E-state index is -3.35. The van der Waals surface area contributed by atoms with Gasteiger partial charge in [-0.15, -0.1) is 30.6 Å². The van der Waals surface area contributed by atoms with Gasteiger partial charge in [-0.2, -0.15) is 0 Å². The molecule has 6 aromatic heterocycles. The Morgan fingerprint density at radius 3 is 1.33 bits per heavy atom. The van der Waals surface area contributed by atoms with Gasteiger partial charge in [-0.05, 0) is 113 Å². The number of nitrogens with zero attached hydrogens (tertiary/aromatic N) is 14. The van der Waals surface area contributed by atoms with Crippen LogP contribution in [-0.2, 0) is 16.3 Å². The van der Waals surface area contributed by atoms with E-state index in [1.807, 2.05) is 156 Å². The summed E-state index contributed by atoms with van der Waals surface area (Å²) in [5.41, 5.74) is 22.8. The molecule has 6 aromatic carbocycles. The Hall–Kier alpha value is -11.6. The molecule has 0 aliphatic heterocycles. The molecule has 0 atom stereocenters. The Balaban J connectivity index is 0.000000385. The highest BCUT2D eigenvalue weighted by atomic mass is 32.2. The van der Waals surface area contributed by atoms with Crippen molar-refractivity contribution in [3.05, 3.63) is 222 Å². The summed E-state index contributed by atoms with van der Waals surface area (Å²) in [5.74, 6) is 2.04. The normalized spacial score (nSPS) is 11.1. The molecule has 0 saturated heterocycles. The van der Waals surface area contributed by atoms with E-state index in [4.69, 9.17) is 34.4 Å². The fourth-order valence-corrected chi connectivity index (χ4v) is 10.6. The first kappa shape index (κ1) is 66.4. The van der Waals surface area contributed by atoms with Crippen molar-refractivity contribution in [1.82, 2.24) is 70.3 Å². The van der Waals surface area contributed by atoms with Crippen LogP contribution in [0.15, 0.2) is 195 Å². The monoisotopic (exact) mass is 1300 g/mol. The molecule has 0 amide bonds. The van der Waals surface area contributed by atoms with Crippen molar-refractivity contribution >= 4 is 27.1 Å². The predicted molar refractivity (Wildman–Crippen MR) is 382 cm³/mol. The van der Waals surface area contributed by atoms with Crippen molar-refractivity contribution in [3.8, 4) is 103 Å². The maximum Gasteiger partial charge on any atom is 0.268 e. The van der Waals surface area contributed by atoms with Gasteiger partial charge in [0.15, 0.2) is 9.84 Å². The predicted octanol–water partition coefficient (Wildman–Crippen LogP) is 14.6. The lowest BCUT2D eigenvalue weighted by Crippen LogP contribution is -2.13. The summed E-state index contributed by atoms with van der Waals surface area (Å²) >= 11 is 0. The van der Waals surface area contributed by atoms with Crippen LogP contribution in [0.4, 0.5) is 0 Å². The first-order valence-electron chi connectivity index (χ1n) is 30.1. The molecule has 4 N–H and O–H groups in total. The third-order valence-corrected chi connectivity index (χ3v) is 17.5. The average Bonchev–Trinajstić information content (AvgIpc) is 1.57. The number of sulfone groups is 1. The maximum absolute atomic E-state index is 12.4. The molecule has 0 aliphatic rings. The fourth-order valence-electron chi connectivity index (χ4n) is 9.54. The number of hydrogen-bond donors (Lipinski definition) is 3. The van der Waals surface area contributed by atoms with Gasteiger partial charge in [-0.3, -0.25) is 20.4 Å². The Morgan fingerprint density at radius 2 is 0.905 bits per heavy atom. The van der Waals surface area contributed by atoms with Crippen molar-refractivity contribution in [2.45, 2.75) is 58.1 Å². The van der Waals surface area contributed by atoms with Gasteiger partial charge >= 0.3 is 0 Å². The largest absolute Gasteiger partial charge is 0.415 e. The first-order valence-corrected chi connectivity index (χ1v) is 31.6. The van der Waals surface area contributed by atoms with Crippen LogP contribution in [0.1, 0.15) is 68.7 Å². The van der Waals surface area contributed by atoms with Crippen molar-refractivity contribution in [2.24, 2.45) is 5.73 Å². The number of aliphatic hydroxyl groups excluding tert-OH is 1. The number of nitrogens with one attached hydrogen (secondary N) is 1. The smallest absolute Gasteiger partial charge is 0.268 e. The third-order valence-electron chi connectivity index (χ3n) is 15.3. The summed E-state index contributed by atoms with van der Waals surface area (Å²) in [7, 11) is 4.53. The highest BCUT2D eigenvalue weighted by Gasteiger charge is 2.23. The zero-order chi connectivity index (χ0) is 67.7. The second-order valence-corrected chi connectivity index (χ2v) is 25.2. The molecule has 12 rings (SSSR count). The summed E-state index contributed by atoms with van der Waals surface area (Å²) in [4.78, 5) is 31.8. The molecule has 12 aromatic rings. The second-order valence-electron chi connectivity index (χ2n) is 22.7. The number of hydrogen-bond acceptors (Lipinski definition) is 21. The minimum Gasteiger partial charge on any atom is -0.415 e. The van der Waals surface area contributed by atoms with Crippen LogP contribution in [-0.4, -0.2) is 130 Å². The van der Waals surface area contributed by atoms with Gasteiger partial charge in [0.05, 0.1) is 62.9 Å². The highest BCUT2D eigenvalue weighted by molar-refractivity contribution is 7.92. The van der Waals surface area contributed by atoms with Crippen LogP contribution in [0.2, 0.25) is 0 Å². The summed E-state index contributed by atoms with van der Waals surface area (Å²) in [6.07, 6.45) is 5.68. The van der Waals surface area contributed by atoms with Gasteiger partial charge in [-0.25, -0.2) is 23.4 Å². The summed E-state index contributed by atoms with van der Waals surface area (Å²) in [5, 5.41) is 41.2. The third kappa shape index (κ3) is 15.3. The quantitative estimate of drug-likeness (QED) is 0.0531. The molecule has 0 spiro atoms. The lowest BCUT2D eigenvalue weighted by atomic mass is 10.1. The van der Waals surface area contributed by atoms with E-state index >= 15 is 0 Å². The van der Waals surface area contributed by atoms with E-state index in [1.54, 1.807) is 87.9 Å². The summed E-state index contributed by atoms with van der Waals surface area (Å²) in [6.45, 7) is 19.1. The average molecular weight is 1300 g/mol. The van der Waals surface area contributed by atoms with Crippen LogP contribution >= 0.6 is 0 Å². The van der Waals surface area contributed by atoms with Crippen LogP contribution in [0.5, 0.6) is 0 Å². The van der Waals surface area contributed by atoms with E-state index in [1.165, 1.54) is 0 Å². The number of aliphatic hydroxyl groups is 1. The van der Waals surface area contributed by atoms with Crippen LogP contribution in [0.25, 0.3) is 114 Å². The van der Waals surface area contributed by atoms with Crippen molar-refractivity contribution in [1.29, 1.82) is 5.41 Å². The number of aryl methyl sites for hydroxylation is 4. The molecule has 0 aliphatic carbocycles. The molecular weight excluding hydrogens is 1220 g/mol. The fraction of sp³-hybridized carbons (Fsp3) is 0.181. The SMILES string of the molecule is C=C(c1ccc(-c2cnc(C)c(-c3nnc(-c4cccc(CCO)c4)o3)n2)cc1)N(C)C.C=C(c1ccc(-c2cnc(C)c(-c3nnc(-c4ccccc4C)o3)n2)cc1)N(C)C.Cc1ncc(-c2ccc(S(=O)(=O)C(C)C)cc2)nc1-c1nnc(-c2ccc(C(=N)N)cc2)o1.[HH].[HH].[HH].[HH].[HH].[HH].[HH]. The molecule has 95 heavy (non-hydrogen) atoms. The maximum atomic E-state index is 12.4. The molecule has 0 unspecified atom stereocenters. The topological polar surface area (TPSA) is 305 Å². The second kappa shape index (κ2) is 28.9. The van der Waals surface area contributed by atoms with Gasteiger partial charge in [0.1, 0.15) is 22.9 Å². The van der Waals surface area contributed by atoms with E-state index in [0.717, 1.165) is 73.0 Å². The lowest BCUT2D eigenvalue weighted by Gasteiger charge is -2.16. The van der Waals surface area contributed by atoms with Gasteiger partial charge < -0.3 is 33.9 Å². The van der Waals surface area contributed by atoms with E-state index in [2.05, 4.69) is 63.7 Å². The van der Waals surface area contributed by atoms with Gasteiger partial charge in [0, 0.05) is 95.1 Å². The molecule has 0 bridgehead atoms. The van der Waals surface area contributed by atoms with Crippen LogP contribution in [0, 0.1) is 33.1 Å². The molecule has 494 valence electrons. The van der Waals surface area contributed by atoms with E-state index in [9.17, 15) is 13.5 Å². The van der Waals surface area contributed by atoms with Gasteiger partial charge in [-0.1, -0.05) is 116 Å². The Labute approximate surface area is 561 Å². The number of amidine groups is 1. The zero-order valence-corrected chi connectivity index (χ0v) is 55.0. The molecule has 0 radical (unpaired) electrons. The van der Waals surface area contributed by atoms with E-state index in [-0.39, 0.29) is 33.2 Å². The van der Waals surface area contributed by atoms with Crippen LogP contribution < -0.4 is 5.73 Å². The Morgan fingerprint density at radius 1 is 0.516 bits per heavy atom. The molecule has 23 heteroatoms. The standard InChI is InChI=1S/C25H25N5O2.C24H23N5O.C23H22N6O3S.7H2/c1-16-23(25-29-28-24(32-25)21-7-5-6-18(14-21)12-13-31)27-22(15-26-16)20-10-8-19(9-11-20)17(2)30(3)4;1-15-8-6-7-9-20(15)23-27-28-24(30-23)22-16(2)25-14-21(26-22)19-12-10-18(11-13-19)17(3)29(4)5;1-13(2)33(30,31)18-10-8-15(9-11-18)19-12-26-14(3)20(27-19)23-29-28-22(32-23)17-6-4-16(5-7-17)21(24)25;;;;;;;/h5-11,14-15,31H,2,12-13H2,1,3-4H3;6-14H,3H2,1-2,4-5H3;4-13H,1-3H3,(H3,24,25);7*1H.